The van der Waals surface area contributed by atoms with Gasteiger partial charge < -0.3 is 19.7 Å². The van der Waals surface area contributed by atoms with Crippen LogP contribution in [0.3, 0.4) is 0 Å². The maximum Gasteiger partial charge on any atom is 0.252 e. The van der Waals surface area contributed by atoms with E-state index in [1.165, 1.54) is 28.8 Å². The second-order valence-corrected chi connectivity index (χ2v) is 11.3. The van der Waals surface area contributed by atoms with Crippen LogP contribution in [-0.2, 0) is 20.8 Å². The molecule has 12 heteroatoms. The number of rotatable bonds is 10. The molecule has 2 aromatic carbocycles. The average molecular weight is 590 g/mol. The lowest BCUT2D eigenvalue weighted by molar-refractivity contribution is -0.153. The third-order valence-electron chi connectivity index (χ3n) is 8.01. The van der Waals surface area contributed by atoms with Gasteiger partial charge in [0.15, 0.2) is 11.6 Å². The largest absolute Gasteiger partial charge is 0.376 e. The van der Waals surface area contributed by atoms with E-state index in [2.05, 4.69) is 15.4 Å². The zero-order chi connectivity index (χ0) is 30.0. The molecule has 1 aromatic heterocycles. The number of ether oxygens (including phenoxy) is 2. The van der Waals surface area contributed by atoms with Crippen molar-refractivity contribution in [3.63, 3.8) is 0 Å². The van der Waals surface area contributed by atoms with E-state index in [4.69, 9.17) is 9.47 Å². The van der Waals surface area contributed by atoms with Crippen molar-refractivity contribution in [3.05, 3.63) is 71.3 Å². The van der Waals surface area contributed by atoms with Crippen LogP contribution in [0, 0.1) is 23.4 Å². The van der Waals surface area contributed by atoms with Crippen molar-refractivity contribution in [1.82, 2.24) is 25.0 Å². The molecule has 0 saturated carbocycles. The summed E-state index contributed by atoms with van der Waals surface area (Å²) in [6, 6.07) is 7.89. The Hall–Kier alpha value is -3.35. The number of amides is 1. The molecule has 8 nitrogen and oxygen atoms in total. The fourth-order valence-electron chi connectivity index (χ4n) is 5.61. The zero-order valence-corrected chi connectivity index (χ0v) is 23.8. The first-order chi connectivity index (χ1) is 20.1. The molecule has 0 spiro atoms. The van der Waals surface area contributed by atoms with Crippen molar-refractivity contribution in [1.29, 1.82) is 0 Å². The van der Waals surface area contributed by atoms with Crippen molar-refractivity contribution < 1.29 is 31.8 Å². The summed E-state index contributed by atoms with van der Waals surface area (Å²) >= 11 is 0. The third-order valence-corrected chi connectivity index (χ3v) is 8.01. The summed E-state index contributed by atoms with van der Waals surface area (Å²) in [6.07, 6.45) is -0.698. The molecule has 0 bridgehead atoms. The van der Waals surface area contributed by atoms with Gasteiger partial charge in [0.25, 0.3) is 5.91 Å². The highest BCUT2D eigenvalue weighted by molar-refractivity contribution is 5.81. The second kappa shape index (κ2) is 12.5. The van der Waals surface area contributed by atoms with Crippen LogP contribution in [0.4, 0.5) is 17.6 Å². The van der Waals surface area contributed by atoms with Gasteiger partial charge in [0.1, 0.15) is 35.8 Å². The lowest BCUT2D eigenvalue weighted by Crippen LogP contribution is -2.52. The monoisotopic (exact) mass is 589 g/mol. The molecule has 3 heterocycles. The van der Waals surface area contributed by atoms with Gasteiger partial charge in [-0.25, -0.2) is 27.2 Å². The van der Waals surface area contributed by atoms with Gasteiger partial charge in [-0.3, -0.25) is 4.79 Å². The van der Waals surface area contributed by atoms with Gasteiger partial charge in [-0.05, 0) is 62.6 Å². The highest BCUT2D eigenvalue weighted by atomic mass is 19.1. The summed E-state index contributed by atoms with van der Waals surface area (Å²) in [6.45, 7) is 4.52. The lowest BCUT2D eigenvalue weighted by atomic mass is 9.93. The zero-order valence-electron chi connectivity index (χ0n) is 23.8. The molecule has 226 valence electrons. The average Bonchev–Trinajstić information content (AvgIpc) is 3.72. The molecule has 1 amide bonds. The number of nitrogens with zero attached hydrogens (tertiary/aromatic N) is 4. The molecule has 1 N–H and O–H groups in total. The number of aromatic nitrogens is 3. The van der Waals surface area contributed by atoms with Crippen LogP contribution in [0.15, 0.2) is 42.5 Å². The van der Waals surface area contributed by atoms with Crippen LogP contribution >= 0.6 is 0 Å². The van der Waals surface area contributed by atoms with E-state index < -0.39 is 47.3 Å². The van der Waals surface area contributed by atoms with Gasteiger partial charge >= 0.3 is 0 Å². The van der Waals surface area contributed by atoms with Crippen molar-refractivity contribution in [2.24, 2.45) is 5.92 Å². The van der Waals surface area contributed by atoms with Crippen LogP contribution in [0.25, 0.3) is 11.4 Å². The number of carbonyl (C=O) groups is 1. The number of carbonyl (C=O) groups excluding carboxylic acids is 1. The summed E-state index contributed by atoms with van der Waals surface area (Å²) in [5.41, 5.74) is -0.762. The van der Waals surface area contributed by atoms with E-state index in [9.17, 15) is 22.4 Å². The first-order valence-electron chi connectivity index (χ1n) is 14.0. The highest BCUT2D eigenvalue weighted by Crippen LogP contribution is 2.38. The molecule has 4 atom stereocenters. The Morgan fingerprint density at radius 2 is 1.98 bits per heavy atom. The minimum Gasteiger partial charge on any atom is -0.376 e. The van der Waals surface area contributed by atoms with Gasteiger partial charge in [-0.2, -0.15) is 5.10 Å². The number of hydrogen-bond acceptors (Lipinski definition) is 6. The summed E-state index contributed by atoms with van der Waals surface area (Å²) < 4.78 is 71.3. The molecule has 3 aromatic rings. The Labute approximate surface area is 242 Å². The van der Waals surface area contributed by atoms with E-state index >= 15 is 0 Å². The number of benzene rings is 2. The highest BCUT2D eigenvalue weighted by Gasteiger charge is 2.46. The van der Waals surface area contributed by atoms with E-state index in [0.29, 0.717) is 31.6 Å². The van der Waals surface area contributed by atoms with Crippen molar-refractivity contribution in [3.8, 4) is 11.4 Å². The van der Waals surface area contributed by atoms with Crippen LogP contribution in [0.2, 0.25) is 0 Å². The summed E-state index contributed by atoms with van der Waals surface area (Å²) in [5.74, 6) is -2.66. The van der Waals surface area contributed by atoms with Gasteiger partial charge in [0.2, 0.25) is 0 Å². The Kier molecular flexibility index (Phi) is 8.95. The molecule has 2 aliphatic rings. The molecule has 2 fully saturated rings. The SMILES string of the molecule is COC(C)(C)[C@H](c1nc(-c2cc(F)ccc2F)nn1Cc1cccc(F)c1)N(C[C@@H]1CNC[C@@H]1F)C(=O)[C@@H]1CCCO1. The maximum atomic E-state index is 14.9. The summed E-state index contributed by atoms with van der Waals surface area (Å²) in [7, 11) is 1.48. The van der Waals surface area contributed by atoms with E-state index in [0.717, 1.165) is 18.2 Å². The molecule has 2 saturated heterocycles. The first kappa shape index (κ1) is 30.1. The van der Waals surface area contributed by atoms with E-state index in [-0.39, 0.29) is 42.8 Å². The van der Waals surface area contributed by atoms with Crippen LogP contribution in [0.5, 0.6) is 0 Å². The van der Waals surface area contributed by atoms with Crippen LogP contribution in [-0.4, -0.2) is 76.8 Å². The Bertz CT molecular complexity index is 1410. The van der Waals surface area contributed by atoms with Gasteiger partial charge in [0, 0.05) is 39.3 Å². The Morgan fingerprint density at radius 3 is 2.64 bits per heavy atom. The van der Waals surface area contributed by atoms with Crippen molar-refractivity contribution in [2.45, 2.75) is 57.2 Å². The standard InChI is InChI=1S/C30H35F4N5O3/c1-30(2,41-3)26(38(17-19-14-35-15-24(19)34)29(40)25-8-5-11-42-25)28-36-27(22-13-21(32)9-10-23(22)33)37-39(28)16-18-6-4-7-20(31)12-18/h4,6-7,9-10,12-13,19,24-26,35H,5,8,11,14-17H2,1-3H3/t19-,24-,25-,26-/m0/s1. The fourth-order valence-corrected chi connectivity index (χ4v) is 5.61. The Morgan fingerprint density at radius 1 is 1.19 bits per heavy atom. The van der Waals surface area contributed by atoms with Crippen molar-refractivity contribution in [2.75, 3.05) is 33.4 Å². The number of nitrogens with one attached hydrogen (secondary N) is 1. The molecular weight excluding hydrogens is 554 g/mol. The fraction of sp³-hybridized carbons (Fsp3) is 0.500. The first-order valence-corrected chi connectivity index (χ1v) is 14.0. The second-order valence-electron chi connectivity index (χ2n) is 11.3. The predicted molar refractivity (Wildman–Crippen MR) is 147 cm³/mol. The lowest BCUT2D eigenvalue weighted by Gasteiger charge is -2.42. The Balaban J connectivity index is 1.67. The number of methoxy groups -OCH3 is 1. The molecule has 42 heavy (non-hydrogen) atoms. The van der Waals surface area contributed by atoms with Gasteiger partial charge in [-0.1, -0.05) is 12.1 Å². The normalized spacial score (nSPS) is 21.5. The molecule has 0 aliphatic carbocycles. The minimum atomic E-state index is -1.18. The third kappa shape index (κ3) is 6.35. The predicted octanol–water partition coefficient (Wildman–Crippen LogP) is 4.44. The molecule has 0 radical (unpaired) electrons. The molecular formula is C30H35F4N5O3. The maximum absolute atomic E-state index is 14.9. The van der Waals surface area contributed by atoms with E-state index in [1.54, 1.807) is 26.0 Å². The van der Waals surface area contributed by atoms with Gasteiger partial charge in [0.05, 0.1) is 17.7 Å². The molecule has 0 unspecified atom stereocenters. The van der Waals surface area contributed by atoms with Crippen LogP contribution in [0.1, 0.15) is 44.1 Å². The minimum absolute atomic E-state index is 0.00595. The summed E-state index contributed by atoms with van der Waals surface area (Å²) in [5, 5.41) is 7.56. The quantitative estimate of drug-likeness (QED) is 0.353. The molecule has 5 rings (SSSR count). The number of hydrogen-bond donors (Lipinski definition) is 1. The number of halogens is 4. The van der Waals surface area contributed by atoms with E-state index in [1.807, 2.05) is 0 Å². The smallest absolute Gasteiger partial charge is 0.252 e. The van der Waals surface area contributed by atoms with Crippen LogP contribution < -0.4 is 5.32 Å². The molecule has 2 aliphatic heterocycles. The topological polar surface area (TPSA) is 81.5 Å². The van der Waals surface area contributed by atoms with Gasteiger partial charge in [-0.15, -0.1) is 0 Å². The van der Waals surface area contributed by atoms with Crippen molar-refractivity contribution >= 4 is 5.91 Å². The summed E-state index contributed by atoms with van der Waals surface area (Å²) in [4.78, 5) is 20.3. The number of alkyl halides is 1.